The fraction of sp³-hybridized carbons (Fsp3) is 0.385. The molecule has 7 nitrogen and oxygen atoms in total. The lowest BCUT2D eigenvalue weighted by Gasteiger charge is -2.03. The number of amides is 3. The van der Waals surface area contributed by atoms with Crippen molar-refractivity contribution in [1.82, 2.24) is 5.32 Å². The van der Waals surface area contributed by atoms with Crippen LogP contribution in [-0.4, -0.2) is 30.1 Å². The summed E-state index contributed by atoms with van der Waals surface area (Å²) in [5, 5.41) is 13.8. The van der Waals surface area contributed by atoms with Gasteiger partial charge < -0.3 is 27.2 Å². The van der Waals surface area contributed by atoms with Gasteiger partial charge in [0.15, 0.2) is 0 Å². The van der Waals surface area contributed by atoms with Crippen molar-refractivity contribution < 1.29 is 14.7 Å². The molecule has 0 bridgehead atoms. The molecular weight excluding hydrogens is 260 g/mol. The van der Waals surface area contributed by atoms with Crippen LogP contribution in [-0.2, 0) is 11.4 Å². The van der Waals surface area contributed by atoms with Crippen molar-refractivity contribution >= 4 is 17.6 Å². The van der Waals surface area contributed by atoms with Gasteiger partial charge in [0.05, 0.1) is 13.2 Å². The van der Waals surface area contributed by atoms with Crippen molar-refractivity contribution in [3.05, 3.63) is 29.8 Å². The Labute approximate surface area is 118 Å². The topological polar surface area (TPSA) is 130 Å². The van der Waals surface area contributed by atoms with Gasteiger partial charge in [-0.1, -0.05) is 19.1 Å². The standard InChI is InChI=1S/C9H12N2O2.C4H10N2O/c10-5-9(13)11-8-3-1-7(6-12)2-4-8;1-2-3-6-4(5)7/h1-4,12H,5-6,10H2,(H,11,13);2-3H2,1H3,(H3,5,6,7). The van der Waals surface area contributed by atoms with Crippen LogP contribution < -0.4 is 22.1 Å². The molecule has 0 aliphatic rings. The average Bonchev–Trinajstić information content (AvgIpc) is 2.46. The van der Waals surface area contributed by atoms with Gasteiger partial charge >= 0.3 is 6.03 Å². The first kappa shape index (κ1) is 17.9. The molecule has 7 heteroatoms. The van der Waals surface area contributed by atoms with Crippen LogP contribution in [0.3, 0.4) is 0 Å². The molecule has 20 heavy (non-hydrogen) atoms. The zero-order valence-corrected chi connectivity index (χ0v) is 11.6. The molecule has 112 valence electrons. The summed E-state index contributed by atoms with van der Waals surface area (Å²) in [7, 11) is 0. The van der Waals surface area contributed by atoms with Gasteiger partial charge in [-0.3, -0.25) is 4.79 Å². The van der Waals surface area contributed by atoms with E-state index in [1.807, 2.05) is 6.92 Å². The molecule has 0 heterocycles. The molecule has 1 aromatic rings. The van der Waals surface area contributed by atoms with E-state index in [0.29, 0.717) is 12.2 Å². The van der Waals surface area contributed by atoms with E-state index in [4.69, 9.17) is 16.6 Å². The Hall–Kier alpha value is -2.12. The molecule has 0 saturated carbocycles. The molecule has 7 N–H and O–H groups in total. The van der Waals surface area contributed by atoms with Crippen LogP contribution in [0.15, 0.2) is 24.3 Å². The molecule has 1 rings (SSSR count). The second-order valence-electron chi connectivity index (χ2n) is 3.90. The highest BCUT2D eigenvalue weighted by atomic mass is 16.3. The van der Waals surface area contributed by atoms with Gasteiger partial charge in [0.1, 0.15) is 0 Å². The van der Waals surface area contributed by atoms with E-state index in [9.17, 15) is 9.59 Å². The number of hydrogen-bond donors (Lipinski definition) is 5. The molecule has 0 saturated heterocycles. The van der Waals surface area contributed by atoms with Crippen LogP contribution in [0, 0.1) is 0 Å². The number of primary amides is 1. The summed E-state index contributed by atoms with van der Waals surface area (Å²) in [6, 6.07) is 6.48. The van der Waals surface area contributed by atoms with Crippen LogP contribution in [0.5, 0.6) is 0 Å². The van der Waals surface area contributed by atoms with E-state index in [1.54, 1.807) is 24.3 Å². The van der Waals surface area contributed by atoms with E-state index in [0.717, 1.165) is 12.0 Å². The lowest BCUT2D eigenvalue weighted by molar-refractivity contribution is -0.114. The number of carbonyl (C=O) groups excluding carboxylic acids is 2. The average molecular weight is 282 g/mol. The van der Waals surface area contributed by atoms with Crippen LogP contribution >= 0.6 is 0 Å². The summed E-state index contributed by atoms with van der Waals surface area (Å²) < 4.78 is 0. The number of nitrogens with two attached hydrogens (primary N) is 2. The van der Waals surface area contributed by atoms with E-state index < -0.39 is 6.03 Å². The Kier molecular flexibility index (Phi) is 9.63. The molecule has 0 atom stereocenters. The summed E-state index contributed by atoms with van der Waals surface area (Å²) in [6.45, 7) is 2.62. The fourth-order valence-corrected chi connectivity index (χ4v) is 1.15. The quantitative estimate of drug-likeness (QED) is 0.525. The van der Waals surface area contributed by atoms with Crippen molar-refractivity contribution in [1.29, 1.82) is 0 Å². The number of aliphatic hydroxyl groups is 1. The van der Waals surface area contributed by atoms with Crippen molar-refractivity contribution in [2.45, 2.75) is 20.0 Å². The lowest BCUT2D eigenvalue weighted by Crippen LogP contribution is -2.29. The second-order valence-corrected chi connectivity index (χ2v) is 3.90. The summed E-state index contributed by atoms with van der Waals surface area (Å²) in [4.78, 5) is 20.7. The number of nitrogens with one attached hydrogen (secondary N) is 2. The maximum atomic E-state index is 10.9. The third-order valence-electron chi connectivity index (χ3n) is 2.15. The Morgan fingerprint density at radius 3 is 2.20 bits per heavy atom. The predicted molar refractivity (Wildman–Crippen MR) is 77.9 cm³/mol. The van der Waals surface area contributed by atoms with E-state index in [-0.39, 0.29) is 19.1 Å². The first-order valence-electron chi connectivity index (χ1n) is 6.26. The third-order valence-corrected chi connectivity index (χ3v) is 2.15. The van der Waals surface area contributed by atoms with Gasteiger partial charge in [-0.25, -0.2) is 4.79 Å². The number of anilines is 1. The van der Waals surface area contributed by atoms with Crippen molar-refractivity contribution in [2.75, 3.05) is 18.4 Å². The number of hydrogen-bond acceptors (Lipinski definition) is 4. The molecule has 0 aliphatic heterocycles. The largest absolute Gasteiger partial charge is 0.392 e. The van der Waals surface area contributed by atoms with Gasteiger partial charge in [0, 0.05) is 12.2 Å². The Morgan fingerprint density at radius 2 is 1.85 bits per heavy atom. The highest BCUT2D eigenvalue weighted by molar-refractivity contribution is 5.92. The highest BCUT2D eigenvalue weighted by Crippen LogP contribution is 2.08. The summed E-state index contributed by atoms with van der Waals surface area (Å²) in [5.74, 6) is -0.225. The number of aliphatic hydroxyl groups excluding tert-OH is 1. The number of carbonyl (C=O) groups is 2. The fourth-order valence-electron chi connectivity index (χ4n) is 1.15. The Bertz CT molecular complexity index is 407. The summed E-state index contributed by atoms with van der Waals surface area (Å²) in [6.07, 6.45) is 0.933. The van der Waals surface area contributed by atoms with E-state index in [1.165, 1.54) is 0 Å². The number of benzene rings is 1. The van der Waals surface area contributed by atoms with E-state index >= 15 is 0 Å². The van der Waals surface area contributed by atoms with Crippen LogP contribution in [0.2, 0.25) is 0 Å². The zero-order valence-electron chi connectivity index (χ0n) is 11.6. The van der Waals surface area contributed by atoms with Crippen molar-refractivity contribution in [3.8, 4) is 0 Å². The normalized spacial score (nSPS) is 9.15. The molecule has 0 radical (unpaired) electrons. The summed E-state index contributed by atoms with van der Waals surface area (Å²) >= 11 is 0. The number of rotatable bonds is 5. The van der Waals surface area contributed by atoms with Gasteiger partial charge in [-0.2, -0.15) is 0 Å². The Balaban J connectivity index is 0.000000441. The molecule has 0 aliphatic carbocycles. The SMILES string of the molecule is CCCNC(N)=O.NCC(=O)Nc1ccc(CO)cc1. The Morgan fingerprint density at radius 1 is 1.25 bits per heavy atom. The van der Waals surface area contributed by atoms with Gasteiger partial charge in [-0.05, 0) is 24.1 Å². The molecule has 0 aromatic heterocycles. The molecule has 0 fully saturated rings. The highest BCUT2D eigenvalue weighted by Gasteiger charge is 1.98. The molecule has 0 spiro atoms. The molecular formula is C13H22N4O3. The first-order valence-corrected chi connectivity index (χ1v) is 6.26. The van der Waals surface area contributed by atoms with Crippen molar-refractivity contribution in [2.24, 2.45) is 11.5 Å². The second kappa shape index (κ2) is 10.8. The monoisotopic (exact) mass is 282 g/mol. The lowest BCUT2D eigenvalue weighted by atomic mass is 10.2. The molecule has 3 amide bonds. The van der Waals surface area contributed by atoms with Crippen LogP contribution in [0.1, 0.15) is 18.9 Å². The smallest absolute Gasteiger partial charge is 0.312 e. The molecule has 0 unspecified atom stereocenters. The predicted octanol–water partition coefficient (Wildman–Crippen LogP) is 0.141. The van der Waals surface area contributed by atoms with E-state index in [2.05, 4.69) is 10.6 Å². The van der Waals surface area contributed by atoms with Gasteiger partial charge in [0.25, 0.3) is 0 Å². The van der Waals surface area contributed by atoms with Gasteiger partial charge in [0.2, 0.25) is 5.91 Å². The minimum atomic E-state index is -0.443. The van der Waals surface area contributed by atoms with Crippen LogP contribution in [0.4, 0.5) is 10.5 Å². The maximum absolute atomic E-state index is 10.9. The summed E-state index contributed by atoms with van der Waals surface area (Å²) in [5.41, 5.74) is 11.4. The first-order chi connectivity index (χ1) is 9.53. The minimum absolute atomic E-state index is 0.00507. The third kappa shape index (κ3) is 8.90. The molecule has 1 aromatic carbocycles. The number of urea groups is 1. The maximum Gasteiger partial charge on any atom is 0.312 e. The minimum Gasteiger partial charge on any atom is -0.392 e. The van der Waals surface area contributed by atoms with Crippen molar-refractivity contribution in [3.63, 3.8) is 0 Å². The zero-order chi connectivity index (χ0) is 15.4. The van der Waals surface area contributed by atoms with Gasteiger partial charge in [-0.15, -0.1) is 0 Å². The van der Waals surface area contributed by atoms with Crippen LogP contribution in [0.25, 0.3) is 0 Å².